The number of hydrazine groups is 1. The Labute approximate surface area is 134 Å². The second-order valence-corrected chi connectivity index (χ2v) is 6.02. The molecule has 2 amide bonds. The monoisotopic (exact) mass is 329 g/mol. The first-order valence-corrected chi connectivity index (χ1v) is 7.08. The first-order valence-electron chi connectivity index (χ1n) is 6.70. The van der Waals surface area contributed by atoms with Crippen molar-refractivity contribution in [2.75, 3.05) is 6.61 Å². The van der Waals surface area contributed by atoms with Gasteiger partial charge in [0, 0.05) is 6.20 Å². The molecule has 0 aliphatic rings. The van der Waals surface area contributed by atoms with Gasteiger partial charge in [0.1, 0.15) is 10.8 Å². The molecule has 0 saturated heterocycles. The fraction of sp³-hybridized carbons (Fsp3) is 0.500. The summed E-state index contributed by atoms with van der Waals surface area (Å²) in [5.41, 5.74) is 1.72. The molecule has 1 atom stereocenters. The number of ether oxygens (including phenoxy) is 1. The molecule has 0 radical (unpaired) electrons. The summed E-state index contributed by atoms with van der Waals surface area (Å²) >= 11 is 5.89. The van der Waals surface area contributed by atoms with E-state index in [4.69, 9.17) is 16.3 Å². The lowest BCUT2D eigenvalue weighted by Crippen LogP contribution is -2.53. The number of nitrogens with zero attached hydrogens (tertiary/aromatic N) is 2. The third-order valence-electron chi connectivity index (χ3n) is 2.52. The Balaban J connectivity index is 2.97. The number of pyridine rings is 1. The Morgan fingerprint density at radius 2 is 2.14 bits per heavy atom. The summed E-state index contributed by atoms with van der Waals surface area (Å²) in [7, 11) is 0. The number of halogens is 1. The Morgan fingerprint density at radius 1 is 1.50 bits per heavy atom. The highest BCUT2D eigenvalue weighted by Crippen LogP contribution is 2.15. The number of aliphatic hydroxyl groups is 1. The zero-order valence-corrected chi connectivity index (χ0v) is 13.7. The quantitative estimate of drug-likeness (QED) is 0.653. The summed E-state index contributed by atoms with van der Waals surface area (Å²) in [6.07, 6.45) is 0.640. The van der Waals surface area contributed by atoms with Crippen LogP contribution in [-0.2, 0) is 4.74 Å². The molecule has 0 spiro atoms. The number of aliphatic hydroxyl groups excluding tert-OH is 1. The van der Waals surface area contributed by atoms with Crippen LogP contribution >= 0.6 is 11.6 Å². The number of aromatic nitrogens is 1. The van der Waals surface area contributed by atoms with Crippen molar-refractivity contribution < 1.29 is 19.4 Å². The maximum Gasteiger partial charge on any atom is 0.426 e. The molecule has 2 N–H and O–H groups in total. The molecule has 122 valence electrons. The molecule has 1 rings (SSSR count). The second kappa shape index (κ2) is 7.42. The summed E-state index contributed by atoms with van der Waals surface area (Å²) in [5, 5.41) is 10.3. The lowest BCUT2D eigenvalue weighted by atomic mass is 10.2. The fourth-order valence-electron chi connectivity index (χ4n) is 1.52. The van der Waals surface area contributed by atoms with Gasteiger partial charge in [-0.2, -0.15) is 0 Å². The van der Waals surface area contributed by atoms with E-state index >= 15 is 0 Å². The zero-order chi connectivity index (χ0) is 16.9. The molecule has 0 aliphatic heterocycles. The average molecular weight is 330 g/mol. The van der Waals surface area contributed by atoms with E-state index < -0.39 is 23.6 Å². The Hall–Kier alpha value is -1.86. The summed E-state index contributed by atoms with van der Waals surface area (Å²) in [5.74, 6) is -0.592. The van der Waals surface area contributed by atoms with E-state index in [1.165, 1.54) is 12.3 Å². The Kier molecular flexibility index (Phi) is 6.13. The van der Waals surface area contributed by atoms with Crippen molar-refractivity contribution in [3.05, 3.63) is 29.0 Å². The maximum atomic E-state index is 12.5. The standard InChI is InChI=1S/C14H20ClN3O4/c1-9(8-19)18(17-13(21)22-14(2,3)4)12(20)10-6-5-7-16-11(10)15/h5-7,9,19H,8H2,1-4H3,(H,17,21). The SMILES string of the molecule is CC(CO)N(NC(=O)OC(C)(C)C)C(=O)c1cccnc1Cl. The van der Waals surface area contributed by atoms with Gasteiger partial charge in [-0.25, -0.2) is 20.2 Å². The van der Waals surface area contributed by atoms with Crippen molar-refractivity contribution in [1.29, 1.82) is 0 Å². The van der Waals surface area contributed by atoms with Crippen LogP contribution in [0.1, 0.15) is 38.1 Å². The minimum atomic E-state index is -0.804. The van der Waals surface area contributed by atoms with Gasteiger partial charge in [-0.3, -0.25) is 4.79 Å². The number of hydrogen-bond donors (Lipinski definition) is 2. The van der Waals surface area contributed by atoms with E-state index in [1.807, 2.05) is 0 Å². The maximum absolute atomic E-state index is 12.5. The number of amides is 2. The van der Waals surface area contributed by atoms with Gasteiger partial charge in [0.05, 0.1) is 18.2 Å². The van der Waals surface area contributed by atoms with Crippen molar-refractivity contribution >= 4 is 23.6 Å². The van der Waals surface area contributed by atoms with E-state index in [0.717, 1.165) is 5.01 Å². The van der Waals surface area contributed by atoms with Gasteiger partial charge in [-0.15, -0.1) is 0 Å². The van der Waals surface area contributed by atoms with Gasteiger partial charge >= 0.3 is 6.09 Å². The fourth-order valence-corrected chi connectivity index (χ4v) is 1.72. The van der Waals surface area contributed by atoms with Crippen LogP contribution in [0.3, 0.4) is 0 Å². The number of rotatable bonds is 3. The molecule has 0 fully saturated rings. The van der Waals surface area contributed by atoms with Gasteiger partial charge in [-0.1, -0.05) is 11.6 Å². The normalized spacial score (nSPS) is 12.5. The van der Waals surface area contributed by atoms with Crippen LogP contribution in [0.25, 0.3) is 0 Å². The smallest absolute Gasteiger partial charge is 0.426 e. The highest BCUT2D eigenvalue weighted by atomic mass is 35.5. The van der Waals surface area contributed by atoms with Crippen LogP contribution in [0, 0.1) is 0 Å². The molecule has 0 aromatic carbocycles. The summed E-state index contributed by atoms with van der Waals surface area (Å²) in [6, 6.07) is 2.36. The lowest BCUT2D eigenvalue weighted by molar-refractivity contribution is 0.0173. The topological polar surface area (TPSA) is 91.8 Å². The van der Waals surface area contributed by atoms with Crippen LogP contribution in [0.5, 0.6) is 0 Å². The first-order chi connectivity index (χ1) is 10.2. The van der Waals surface area contributed by atoms with E-state index in [9.17, 15) is 14.7 Å². The molecule has 1 aromatic heterocycles. The van der Waals surface area contributed by atoms with E-state index in [1.54, 1.807) is 33.8 Å². The van der Waals surface area contributed by atoms with Crippen LogP contribution in [0.2, 0.25) is 5.15 Å². The summed E-state index contributed by atoms with van der Waals surface area (Å²) < 4.78 is 5.10. The number of carbonyl (C=O) groups is 2. The van der Waals surface area contributed by atoms with Crippen LogP contribution in [-0.4, -0.2) is 45.3 Å². The first kappa shape index (κ1) is 18.2. The minimum absolute atomic E-state index is 0.00799. The zero-order valence-electron chi connectivity index (χ0n) is 13.0. The predicted molar refractivity (Wildman–Crippen MR) is 81.3 cm³/mol. The van der Waals surface area contributed by atoms with Crippen molar-refractivity contribution in [1.82, 2.24) is 15.4 Å². The average Bonchev–Trinajstić information content (AvgIpc) is 2.42. The van der Waals surface area contributed by atoms with Crippen LogP contribution in [0.4, 0.5) is 4.79 Å². The predicted octanol–water partition coefficient (Wildman–Crippen LogP) is 2.00. The highest BCUT2D eigenvalue weighted by molar-refractivity contribution is 6.32. The van der Waals surface area contributed by atoms with Crippen molar-refractivity contribution in [2.24, 2.45) is 0 Å². The summed E-state index contributed by atoms with van der Waals surface area (Å²) in [4.78, 5) is 28.2. The molecule has 1 heterocycles. The molecule has 0 saturated carbocycles. The molecule has 0 aliphatic carbocycles. The minimum Gasteiger partial charge on any atom is -0.443 e. The third kappa shape index (κ3) is 5.16. The van der Waals surface area contributed by atoms with Gasteiger partial charge in [0.15, 0.2) is 0 Å². The molecule has 1 aromatic rings. The second-order valence-electron chi connectivity index (χ2n) is 5.66. The largest absolute Gasteiger partial charge is 0.443 e. The number of hydrogen-bond acceptors (Lipinski definition) is 5. The molecule has 8 heteroatoms. The number of carbonyl (C=O) groups excluding carboxylic acids is 2. The Morgan fingerprint density at radius 3 is 2.64 bits per heavy atom. The molecule has 7 nitrogen and oxygen atoms in total. The van der Waals surface area contributed by atoms with Gasteiger partial charge in [-0.05, 0) is 39.8 Å². The Bertz CT molecular complexity index is 545. The van der Waals surface area contributed by atoms with Gasteiger partial charge < -0.3 is 9.84 Å². The van der Waals surface area contributed by atoms with Crippen LogP contribution < -0.4 is 5.43 Å². The van der Waals surface area contributed by atoms with Gasteiger partial charge in [0.25, 0.3) is 5.91 Å². The van der Waals surface area contributed by atoms with Gasteiger partial charge in [0.2, 0.25) is 0 Å². The van der Waals surface area contributed by atoms with E-state index in [2.05, 4.69) is 10.4 Å². The van der Waals surface area contributed by atoms with E-state index in [-0.39, 0.29) is 17.3 Å². The highest BCUT2D eigenvalue weighted by Gasteiger charge is 2.27. The number of nitrogens with one attached hydrogen (secondary N) is 1. The molecular weight excluding hydrogens is 310 g/mol. The van der Waals surface area contributed by atoms with Crippen molar-refractivity contribution in [2.45, 2.75) is 39.3 Å². The third-order valence-corrected chi connectivity index (χ3v) is 2.83. The molecular formula is C14H20ClN3O4. The lowest BCUT2D eigenvalue weighted by Gasteiger charge is -2.29. The van der Waals surface area contributed by atoms with E-state index in [0.29, 0.717) is 0 Å². The molecule has 0 bridgehead atoms. The van der Waals surface area contributed by atoms with Crippen molar-refractivity contribution in [3.8, 4) is 0 Å². The molecule has 1 unspecified atom stereocenters. The molecule has 22 heavy (non-hydrogen) atoms. The summed E-state index contributed by atoms with van der Waals surface area (Å²) in [6.45, 7) is 6.32. The van der Waals surface area contributed by atoms with Crippen molar-refractivity contribution in [3.63, 3.8) is 0 Å². The van der Waals surface area contributed by atoms with Crippen LogP contribution in [0.15, 0.2) is 18.3 Å².